The van der Waals surface area contributed by atoms with Gasteiger partial charge in [0, 0.05) is 80.4 Å². The SMILES string of the molecule is c1cc[n+](C2C(c3ccc(-c4ccc5c(-c6ccc7ccccc7c6)c6ccccc6c(-c6ccc7ccccc7c6)c5c4)cc3)=Nc3ccccc32)cc1.c1ccc2cc(-c3c4ccccc4c(-c4ccc5ccccc5c4)c4cc(-c5ccc(-c6cnc7ccccc7c6)nc5)ccc34)ccc2c1.c1ccc2cc(-c3nc(-c4ccc(-c5cccc6cccnc56)cc4)nc(-c4ccc5ccccc5c4)n3)ccc2c1. The molecular weight excluding hydrogens is 1780 g/mol. The van der Waals surface area contributed by atoms with E-state index in [1.165, 1.54) is 158 Å². The highest BCUT2D eigenvalue weighted by atomic mass is 15.0. The Morgan fingerprint density at radius 1 is 0.190 bits per heavy atom. The van der Waals surface area contributed by atoms with Gasteiger partial charge in [-0.3, -0.25) is 15.0 Å². The summed E-state index contributed by atoms with van der Waals surface area (Å²) in [5, 5.41) is 26.8. The molecule has 5 aromatic heterocycles. The zero-order chi connectivity index (χ0) is 97.2. The highest BCUT2D eigenvalue weighted by Gasteiger charge is 2.36. The van der Waals surface area contributed by atoms with Crippen molar-refractivity contribution in [1.82, 2.24) is 29.9 Å². The van der Waals surface area contributed by atoms with Gasteiger partial charge in [0.1, 0.15) is 5.71 Å². The quantitative estimate of drug-likeness (QED) is 0.0843. The maximum absolute atomic E-state index is 5.17. The van der Waals surface area contributed by atoms with E-state index in [4.69, 9.17) is 24.9 Å². The number of fused-ring (bicyclic) bond motifs is 13. The maximum atomic E-state index is 5.17. The number of hydrogen-bond donors (Lipinski definition) is 0. The van der Waals surface area contributed by atoms with Gasteiger partial charge in [-0.05, 0) is 259 Å². The molecule has 147 heavy (non-hydrogen) atoms. The fraction of sp³-hybridized carbons (Fsp3) is 0.00719. The summed E-state index contributed by atoms with van der Waals surface area (Å²) in [5.41, 5.74) is 27.9. The van der Waals surface area contributed by atoms with Crippen molar-refractivity contribution < 1.29 is 4.57 Å². The average Bonchev–Trinajstić information content (AvgIpc) is 1.41. The fourth-order valence-electron chi connectivity index (χ4n) is 21.9. The van der Waals surface area contributed by atoms with E-state index in [2.05, 4.69) is 506 Å². The molecule has 8 nitrogen and oxygen atoms in total. The molecule has 0 saturated heterocycles. The minimum absolute atomic E-state index is 0.0234. The molecule has 0 spiro atoms. The number of para-hydroxylation sites is 3. The van der Waals surface area contributed by atoms with Crippen molar-refractivity contribution in [1.29, 1.82) is 0 Å². The zero-order valence-corrected chi connectivity index (χ0v) is 80.0. The summed E-state index contributed by atoms with van der Waals surface area (Å²) in [6.45, 7) is 0. The molecule has 0 N–H and O–H groups in total. The molecule has 0 radical (unpaired) electrons. The van der Waals surface area contributed by atoms with Crippen molar-refractivity contribution >= 4 is 141 Å². The molecular formula is C139H89N8+. The predicted octanol–water partition coefficient (Wildman–Crippen LogP) is 35.6. The van der Waals surface area contributed by atoms with Crippen LogP contribution >= 0.6 is 0 Å². The minimum Gasteiger partial charge on any atom is -0.256 e. The third-order valence-electron chi connectivity index (χ3n) is 29.2. The van der Waals surface area contributed by atoms with Crippen molar-refractivity contribution in [2.75, 3.05) is 0 Å². The lowest BCUT2D eigenvalue weighted by atomic mass is 9.84. The highest BCUT2D eigenvalue weighted by molar-refractivity contribution is 6.25. The molecule has 0 bridgehead atoms. The molecule has 0 fully saturated rings. The first-order chi connectivity index (χ1) is 72.8. The summed E-state index contributed by atoms with van der Waals surface area (Å²) in [7, 11) is 0. The molecule has 1 aliphatic rings. The van der Waals surface area contributed by atoms with Gasteiger partial charge in [-0.15, -0.1) is 0 Å². The Kier molecular flexibility index (Phi) is 21.9. The normalized spacial score (nSPS) is 12.3. The Bertz CT molecular complexity index is 10000. The van der Waals surface area contributed by atoms with E-state index in [-0.39, 0.29) is 6.04 Å². The molecule has 29 rings (SSSR count). The second-order valence-electron chi connectivity index (χ2n) is 38.0. The van der Waals surface area contributed by atoms with Crippen molar-refractivity contribution in [2.24, 2.45) is 4.99 Å². The van der Waals surface area contributed by atoms with E-state index < -0.39 is 0 Å². The van der Waals surface area contributed by atoms with E-state index in [9.17, 15) is 0 Å². The van der Waals surface area contributed by atoms with E-state index >= 15 is 0 Å². The Morgan fingerprint density at radius 3 is 1.02 bits per heavy atom. The first kappa shape index (κ1) is 86.6. The minimum atomic E-state index is 0.0234. The Balaban J connectivity index is 0.000000110. The average molecular weight is 1870 g/mol. The van der Waals surface area contributed by atoms with Crippen molar-refractivity contribution in [3.63, 3.8) is 0 Å². The van der Waals surface area contributed by atoms with Gasteiger partial charge < -0.3 is 0 Å². The molecule has 1 aliphatic heterocycles. The summed E-state index contributed by atoms with van der Waals surface area (Å²) in [6.07, 6.45) is 10.0. The lowest BCUT2D eigenvalue weighted by Gasteiger charge is -2.19. The van der Waals surface area contributed by atoms with E-state index in [0.717, 1.165) is 99.7 Å². The van der Waals surface area contributed by atoms with Gasteiger partial charge in [0.25, 0.3) is 0 Å². The topological polar surface area (TPSA) is 93.6 Å². The molecule has 1 atom stereocenters. The van der Waals surface area contributed by atoms with Crippen LogP contribution < -0.4 is 4.57 Å². The standard InChI is InChI=1S/C53H35N2.C48H30N2.C38H24N4/c1-10-30-55(31-11-1)53-47-18-8-9-19-49(47)54-52(53)38-24-20-37(21-25-38)41-28-29-46-48(34-41)51(43-27-23-36-13-3-5-15-40(36)33-43)45-17-7-6-16-44(45)50(46)42-26-22-35-12-2-4-14-39(35)32-42;1-3-11-33-25-37(19-17-31(33)9-1)47-41-14-6-7-15-42(41)48(38-20-18-32-10-2-4-12-34(32)26-38)44-28-35(21-23-43(44)47)39-22-24-46(49-29-39)40-27-36-13-5-8-16-45(36)50-30-40;1-3-9-30-23-32(20-14-25(30)7-1)37-40-36(41-38(42-37)33-21-15-26-8-2-4-10-31(26)24-33)29-18-16-27(17-19-29)34-13-5-11-28-12-6-22-39-35(28)34/h1-34,53H;1-30H;1-24H/q+1;;. The number of aromatic nitrogens is 7. The summed E-state index contributed by atoms with van der Waals surface area (Å²) in [5.74, 6) is 1.94. The molecule has 0 aliphatic carbocycles. The first-order valence-electron chi connectivity index (χ1n) is 50.0. The van der Waals surface area contributed by atoms with Crippen LogP contribution in [0.2, 0.25) is 0 Å². The van der Waals surface area contributed by atoms with Crippen LogP contribution in [0.3, 0.4) is 0 Å². The van der Waals surface area contributed by atoms with Crippen LogP contribution in [0, 0.1) is 0 Å². The largest absolute Gasteiger partial charge is 0.256 e. The number of rotatable bonds is 13. The van der Waals surface area contributed by atoms with Crippen LogP contribution in [0.1, 0.15) is 17.2 Å². The van der Waals surface area contributed by atoms with Gasteiger partial charge in [0.05, 0.1) is 28.0 Å². The second-order valence-corrected chi connectivity index (χ2v) is 38.0. The van der Waals surface area contributed by atoms with Crippen LogP contribution in [0.4, 0.5) is 5.69 Å². The lowest BCUT2D eigenvalue weighted by molar-refractivity contribution is -0.697. The van der Waals surface area contributed by atoms with Gasteiger partial charge in [-0.2, -0.15) is 4.57 Å². The molecule has 8 heteroatoms. The highest BCUT2D eigenvalue weighted by Crippen LogP contribution is 2.50. The van der Waals surface area contributed by atoms with Gasteiger partial charge >= 0.3 is 0 Å². The summed E-state index contributed by atoms with van der Waals surface area (Å²) in [4.78, 5) is 34.4. The lowest BCUT2D eigenvalue weighted by Crippen LogP contribution is -2.42. The summed E-state index contributed by atoms with van der Waals surface area (Å²) in [6, 6.07) is 180. The molecule has 6 heterocycles. The molecule has 0 amide bonds. The predicted molar refractivity (Wildman–Crippen MR) is 613 cm³/mol. The number of benzene rings is 23. The smallest absolute Gasteiger partial charge is 0.228 e. The van der Waals surface area contributed by atoms with Crippen molar-refractivity contribution in [3.8, 4) is 123 Å². The maximum Gasteiger partial charge on any atom is 0.228 e. The second kappa shape index (κ2) is 37.2. The van der Waals surface area contributed by atoms with Gasteiger partial charge in [-0.1, -0.05) is 406 Å². The molecule has 28 aromatic rings. The van der Waals surface area contributed by atoms with Crippen LogP contribution in [-0.4, -0.2) is 35.6 Å². The van der Waals surface area contributed by atoms with Crippen LogP contribution in [0.5, 0.6) is 0 Å². The van der Waals surface area contributed by atoms with E-state index in [0.29, 0.717) is 17.5 Å². The van der Waals surface area contributed by atoms with Crippen LogP contribution in [0.15, 0.2) is 539 Å². The zero-order valence-electron chi connectivity index (χ0n) is 80.0. The van der Waals surface area contributed by atoms with Crippen molar-refractivity contribution in [3.05, 3.63) is 546 Å². The summed E-state index contributed by atoms with van der Waals surface area (Å²) < 4.78 is 2.26. The van der Waals surface area contributed by atoms with Crippen LogP contribution in [-0.2, 0) is 0 Å². The monoisotopic (exact) mass is 1870 g/mol. The molecule has 1 unspecified atom stereocenters. The summed E-state index contributed by atoms with van der Waals surface area (Å²) >= 11 is 0. The van der Waals surface area contributed by atoms with Gasteiger partial charge in [0.2, 0.25) is 6.04 Å². The first-order valence-corrected chi connectivity index (χ1v) is 50.0. The Morgan fingerprint density at radius 2 is 0.537 bits per heavy atom. The Hall–Kier alpha value is -19.5. The van der Waals surface area contributed by atoms with E-state index in [1.807, 2.05) is 42.9 Å². The van der Waals surface area contributed by atoms with Gasteiger partial charge in [-0.25, -0.2) is 19.9 Å². The number of aliphatic imine (C=N–C) groups is 1. The molecule has 0 saturated carbocycles. The third kappa shape index (κ3) is 16.3. The van der Waals surface area contributed by atoms with Gasteiger partial charge in [0.15, 0.2) is 29.9 Å². The number of nitrogens with zero attached hydrogens (tertiary/aromatic N) is 8. The van der Waals surface area contributed by atoms with E-state index in [1.54, 1.807) is 0 Å². The van der Waals surface area contributed by atoms with Crippen molar-refractivity contribution in [2.45, 2.75) is 6.04 Å². The number of pyridine rings is 4. The van der Waals surface area contributed by atoms with Crippen LogP contribution in [0.25, 0.3) is 253 Å². The molecule has 684 valence electrons. The molecule has 23 aromatic carbocycles. The fourth-order valence-corrected chi connectivity index (χ4v) is 21.9. The third-order valence-corrected chi connectivity index (χ3v) is 29.2. The number of hydrogen-bond acceptors (Lipinski definition) is 7. The Labute approximate surface area is 849 Å².